The molecule has 0 saturated carbocycles. The molecule has 0 aliphatic heterocycles. The van der Waals surface area contributed by atoms with Gasteiger partial charge in [0.2, 0.25) is 0 Å². The standard InChI is InChI=1S/Fe.Mn.3H2O4S.Zn/c;;3*1-5(2,3)4;/h;;3*(H2,1,2,3,4);/q2*+2;;;;+2/p-6. The SMILES string of the molecule is O=S(=O)([O-])[O-].O=S(=O)([O-])[O-].O=S(=O)([O-])[O-].[Fe+2].[Mn+2].[Zn+2]. The zero-order chi connectivity index (χ0) is 13.5. The summed E-state index contributed by atoms with van der Waals surface area (Å²) in [4.78, 5) is 0. The van der Waals surface area contributed by atoms with E-state index in [-0.39, 0.29) is 53.6 Å². The van der Waals surface area contributed by atoms with Gasteiger partial charge in [0.15, 0.2) is 0 Å². The van der Waals surface area contributed by atoms with Crippen molar-refractivity contribution in [1.82, 2.24) is 0 Å². The van der Waals surface area contributed by atoms with Crippen LogP contribution >= 0.6 is 0 Å². The van der Waals surface area contributed by atoms with Gasteiger partial charge in [-0.05, 0) is 0 Å². The van der Waals surface area contributed by atoms with E-state index in [1.54, 1.807) is 0 Å². The molecule has 0 spiro atoms. The molecule has 0 aromatic heterocycles. The third-order valence-corrected chi connectivity index (χ3v) is 0. The Morgan fingerprint density at radius 3 is 0.500 bits per heavy atom. The summed E-state index contributed by atoms with van der Waals surface area (Å²) in [6, 6.07) is 0. The Kier molecular flexibility index (Phi) is 29.8. The summed E-state index contributed by atoms with van der Waals surface area (Å²) in [5, 5.41) is 0. The van der Waals surface area contributed by atoms with Crippen molar-refractivity contribution in [3.8, 4) is 0 Å². The van der Waals surface area contributed by atoms with Crippen LogP contribution in [0.25, 0.3) is 0 Å². The molecule has 0 aliphatic rings. The molecular weight excluding hydrogens is 464 g/mol. The summed E-state index contributed by atoms with van der Waals surface area (Å²) in [7, 11) is -15.5. The molecule has 0 heterocycles. The van der Waals surface area contributed by atoms with E-state index in [1.807, 2.05) is 0 Å². The van der Waals surface area contributed by atoms with Gasteiger partial charge in [0, 0.05) is 31.2 Å². The van der Waals surface area contributed by atoms with Crippen molar-refractivity contribution in [2.45, 2.75) is 0 Å². The van der Waals surface area contributed by atoms with E-state index in [9.17, 15) is 0 Å². The summed E-state index contributed by atoms with van der Waals surface area (Å²) >= 11 is 0. The molecule has 0 saturated heterocycles. The smallest absolute Gasteiger partial charge is 0.759 e. The van der Waals surface area contributed by atoms with Crippen molar-refractivity contribution < 1.29 is 106 Å². The van der Waals surface area contributed by atoms with Crippen LogP contribution in [0.4, 0.5) is 0 Å². The first-order chi connectivity index (χ1) is 6.00. The van der Waals surface area contributed by atoms with Crippen LogP contribution in [0, 0.1) is 0 Å². The second kappa shape index (κ2) is 14.7. The summed E-state index contributed by atoms with van der Waals surface area (Å²) in [5.41, 5.74) is 0. The summed E-state index contributed by atoms with van der Waals surface area (Å²) in [6.07, 6.45) is 0. The fraction of sp³-hybridized carbons (Fsp3) is 0. The maximum atomic E-state index is 8.52. The van der Waals surface area contributed by atoms with Crippen LogP contribution in [0.3, 0.4) is 0 Å². The van der Waals surface area contributed by atoms with Gasteiger partial charge in [0.05, 0.1) is 0 Å². The van der Waals surface area contributed by atoms with Crippen molar-refractivity contribution in [1.29, 1.82) is 0 Å². The molecule has 0 bridgehead atoms. The molecule has 12 nitrogen and oxygen atoms in total. The Hall–Kier alpha value is 1.27. The van der Waals surface area contributed by atoms with E-state index < -0.39 is 31.2 Å². The zero-order valence-electron chi connectivity index (χ0n) is 7.56. The third kappa shape index (κ3) is 2830. The van der Waals surface area contributed by atoms with E-state index in [2.05, 4.69) is 0 Å². The van der Waals surface area contributed by atoms with Gasteiger partial charge in [-0.15, -0.1) is 0 Å². The minimum Gasteiger partial charge on any atom is -0.759 e. The normalized spacial score (nSPS) is 9.67. The second-order valence-electron chi connectivity index (χ2n) is 1.22. The van der Waals surface area contributed by atoms with E-state index in [1.165, 1.54) is 0 Å². The molecular formula is FeMnO12S3Zn. The van der Waals surface area contributed by atoms with E-state index in [0.29, 0.717) is 0 Å². The molecule has 0 amide bonds. The fourth-order valence-electron chi connectivity index (χ4n) is 0. The van der Waals surface area contributed by atoms with Crippen molar-refractivity contribution in [3.05, 3.63) is 0 Å². The largest absolute Gasteiger partial charge is 2.00 e. The van der Waals surface area contributed by atoms with Gasteiger partial charge in [-0.3, -0.25) is 25.3 Å². The van der Waals surface area contributed by atoms with Crippen molar-refractivity contribution in [2.24, 2.45) is 0 Å². The Morgan fingerprint density at radius 1 is 0.500 bits per heavy atom. The molecule has 0 unspecified atom stereocenters. The molecule has 1 radical (unpaired) electrons. The maximum Gasteiger partial charge on any atom is 2.00 e. The van der Waals surface area contributed by atoms with Gasteiger partial charge in [0.1, 0.15) is 0 Å². The predicted molar refractivity (Wildman–Crippen MR) is 31.4 cm³/mol. The van der Waals surface area contributed by atoms with E-state index in [0.717, 1.165) is 0 Å². The van der Waals surface area contributed by atoms with Gasteiger partial charge in [-0.2, -0.15) is 0 Å². The van der Waals surface area contributed by atoms with Gasteiger partial charge >= 0.3 is 53.6 Å². The summed E-state index contributed by atoms with van der Waals surface area (Å²) in [5.74, 6) is 0. The molecule has 0 aliphatic carbocycles. The fourth-order valence-corrected chi connectivity index (χ4v) is 0. The van der Waals surface area contributed by atoms with Gasteiger partial charge in [-0.1, -0.05) is 0 Å². The van der Waals surface area contributed by atoms with E-state index >= 15 is 0 Å². The average Bonchev–Trinajstić information content (AvgIpc) is 1.41. The topological polar surface area (TPSA) is 241 Å². The van der Waals surface area contributed by atoms with Crippen LogP contribution in [0.5, 0.6) is 0 Å². The van der Waals surface area contributed by atoms with Crippen molar-refractivity contribution in [3.63, 3.8) is 0 Å². The first-order valence-electron chi connectivity index (χ1n) is 2.00. The molecule has 0 fully saturated rings. The average molecular weight is 464 g/mol. The van der Waals surface area contributed by atoms with Crippen LogP contribution in [0.1, 0.15) is 0 Å². The molecule has 18 heavy (non-hydrogen) atoms. The van der Waals surface area contributed by atoms with Gasteiger partial charge in [0.25, 0.3) is 0 Å². The molecule has 0 rings (SSSR count). The summed E-state index contributed by atoms with van der Waals surface area (Å²) in [6.45, 7) is 0. The first kappa shape index (κ1) is 36.5. The summed E-state index contributed by atoms with van der Waals surface area (Å²) < 4.78 is 102. The Balaban J connectivity index is -0.0000000277. The van der Waals surface area contributed by atoms with Crippen molar-refractivity contribution >= 4 is 31.2 Å². The molecule has 0 aromatic rings. The molecule has 0 atom stereocenters. The van der Waals surface area contributed by atoms with Crippen LogP contribution in [0.15, 0.2) is 0 Å². The molecule has 107 valence electrons. The predicted octanol–water partition coefficient (Wildman–Crippen LogP) is -4.02. The van der Waals surface area contributed by atoms with Crippen LogP contribution in [0.2, 0.25) is 0 Å². The van der Waals surface area contributed by atoms with Crippen LogP contribution in [-0.2, 0) is 84.8 Å². The van der Waals surface area contributed by atoms with E-state index in [4.69, 9.17) is 52.6 Å². The number of hydrogen-bond donors (Lipinski definition) is 0. The monoisotopic (exact) mass is 463 g/mol. The first-order valence-corrected chi connectivity index (χ1v) is 6.00. The minimum absolute atomic E-state index is 0. The van der Waals surface area contributed by atoms with Crippen LogP contribution < -0.4 is 0 Å². The minimum atomic E-state index is -5.17. The third-order valence-electron chi connectivity index (χ3n) is 0. The molecule has 0 aromatic carbocycles. The Bertz CT molecular complexity index is 348. The Labute approximate surface area is 136 Å². The second-order valence-corrected chi connectivity index (χ2v) is 3.67. The number of rotatable bonds is 0. The quantitative estimate of drug-likeness (QED) is 0.189. The zero-order valence-corrected chi connectivity index (χ0v) is 15.3. The van der Waals surface area contributed by atoms with Gasteiger partial charge < -0.3 is 27.3 Å². The van der Waals surface area contributed by atoms with Gasteiger partial charge in [-0.25, -0.2) is 0 Å². The molecule has 0 N–H and O–H groups in total. The van der Waals surface area contributed by atoms with Crippen LogP contribution in [-0.4, -0.2) is 52.6 Å². The maximum absolute atomic E-state index is 8.52. The Morgan fingerprint density at radius 2 is 0.500 bits per heavy atom. The molecule has 18 heteroatoms. The number of hydrogen-bond acceptors (Lipinski definition) is 12. The van der Waals surface area contributed by atoms with Crippen molar-refractivity contribution in [2.75, 3.05) is 0 Å².